The van der Waals surface area contributed by atoms with Gasteiger partial charge in [0.15, 0.2) is 0 Å². The number of hydrogen-bond acceptors (Lipinski definition) is 6. The summed E-state index contributed by atoms with van der Waals surface area (Å²) in [4.78, 5) is 0. The summed E-state index contributed by atoms with van der Waals surface area (Å²) >= 11 is 0. The highest BCUT2D eigenvalue weighted by atomic mass is 16.3. The molecule has 0 aromatic heterocycles. The van der Waals surface area contributed by atoms with Crippen LogP contribution in [-0.2, 0) is 10.8 Å². The van der Waals surface area contributed by atoms with Crippen molar-refractivity contribution in [1.29, 1.82) is 0 Å². The zero-order chi connectivity index (χ0) is 44.3. The van der Waals surface area contributed by atoms with Gasteiger partial charge in [-0.3, -0.25) is 0 Å². The van der Waals surface area contributed by atoms with Gasteiger partial charge in [0.25, 0.3) is 0 Å². The molecule has 6 heteroatoms. The molecule has 0 amide bonds. The Bertz CT molecular complexity index is 2490. The predicted molar refractivity (Wildman–Crippen MR) is 246 cm³/mol. The molecule has 0 spiro atoms. The molecule has 4 bridgehead atoms. The van der Waals surface area contributed by atoms with Gasteiger partial charge in [-0.1, -0.05) is 86.6 Å². The monoisotopic (exact) mass is 828 g/mol. The molecule has 6 aromatic rings. The van der Waals surface area contributed by atoms with Crippen LogP contribution in [0.4, 0.5) is 0 Å². The molecule has 4 saturated carbocycles. The van der Waals surface area contributed by atoms with Crippen LogP contribution in [0.25, 0.3) is 0 Å². The molecule has 0 radical (unpaired) electrons. The predicted octanol–water partition coefficient (Wildman–Crippen LogP) is 12.7. The topological polar surface area (TPSA) is 121 Å². The van der Waals surface area contributed by atoms with Gasteiger partial charge >= 0.3 is 0 Å². The molecule has 0 saturated heterocycles. The van der Waals surface area contributed by atoms with Crippen LogP contribution in [0.1, 0.15) is 142 Å². The van der Waals surface area contributed by atoms with Crippen LogP contribution in [0.3, 0.4) is 0 Å². The van der Waals surface area contributed by atoms with Gasteiger partial charge in [-0.05, 0) is 193 Å². The minimum absolute atomic E-state index is 0.0461. The third kappa shape index (κ3) is 6.78. The minimum Gasteiger partial charge on any atom is -0.508 e. The van der Waals surface area contributed by atoms with Crippen molar-refractivity contribution in [3.8, 4) is 34.5 Å². The quantitative estimate of drug-likeness (QED) is 0.0850. The highest BCUT2D eigenvalue weighted by molar-refractivity contribution is 5.60. The zero-order valence-corrected chi connectivity index (χ0v) is 37.3. The lowest BCUT2D eigenvalue weighted by Crippen LogP contribution is -2.62. The van der Waals surface area contributed by atoms with Gasteiger partial charge < -0.3 is 30.6 Å². The van der Waals surface area contributed by atoms with E-state index < -0.39 is 0 Å². The number of benzene rings is 6. The van der Waals surface area contributed by atoms with Gasteiger partial charge in [0.05, 0.1) is 0 Å². The molecule has 0 heterocycles. The maximum absolute atomic E-state index is 12.1. The fraction of sp³-hybridized carbons (Fsp3) is 0.357. The van der Waals surface area contributed by atoms with E-state index in [0.29, 0.717) is 0 Å². The average Bonchev–Trinajstić information content (AvgIpc) is 3.19. The molecule has 0 unspecified atom stereocenters. The Morgan fingerprint density at radius 3 is 0.919 bits per heavy atom. The molecular weight excluding hydrogens is 769 g/mol. The first kappa shape index (κ1) is 41.5. The molecule has 6 aromatic carbocycles. The maximum atomic E-state index is 12.1. The van der Waals surface area contributed by atoms with Gasteiger partial charge in [-0.2, -0.15) is 0 Å². The van der Waals surface area contributed by atoms with E-state index in [0.717, 1.165) is 105 Å². The number of aryl methyl sites for hydroxylation is 6. The zero-order valence-electron chi connectivity index (χ0n) is 37.3. The van der Waals surface area contributed by atoms with Crippen molar-refractivity contribution in [3.05, 3.63) is 175 Å². The molecule has 4 aliphatic rings. The van der Waals surface area contributed by atoms with Gasteiger partial charge in [0.1, 0.15) is 34.5 Å². The smallest absolute Gasteiger partial charge is 0.122 e. The minimum atomic E-state index is -0.354. The lowest BCUT2D eigenvalue weighted by Gasteiger charge is -2.70. The summed E-state index contributed by atoms with van der Waals surface area (Å²) < 4.78 is 0. The molecule has 320 valence electrons. The largest absolute Gasteiger partial charge is 0.508 e. The Morgan fingerprint density at radius 1 is 0.355 bits per heavy atom. The van der Waals surface area contributed by atoms with E-state index in [1.807, 2.05) is 90.1 Å². The first-order valence-corrected chi connectivity index (χ1v) is 22.1. The normalized spacial score (nSPS) is 24.0. The molecule has 6 N–H and O–H groups in total. The second-order valence-corrected chi connectivity index (χ2v) is 20.8. The summed E-state index contributed by atoms with van der Waals surface area (Å²) in [6, 6.07) is 31.7. The summed E-state index contributed by atoms with van der Waals surface area (Å²) in [5.41, 5.74) is 12.3. The lowest BCUT2D eigenvalue weighted by atomic mass is 9.34. The first-order chi connectivity index (χ1) is 29.2. The van der Waals surface area contributed by atoms with Crippen molar-refractivity contribution in [1.82, 2.24) is 0 Å². The maximum Gasteiger partial charge on any atom is 0.122 e. The van der Waals surface area contributed by atoms with Crippen LogP contribution in [0.2, 0.25) is 0 Å². The lowest BCUT2D eigenvalue weighted by molar-refractivity contribution is -0.126. The first-order valence-electron chi connectivity index (χ1n) is 22.1. The Kier molecular flexibility index (Phi) is 9.59. The summed E-state index contributed by atoms with van der Waals surface area (Å²) in [5, 5.41) is 66.5. The molecule has 4 aliphatic carbocycles. The van der Waals surface area contributed by atoms with E-state index in [-0.39, 0.29) is 68.0 Å². The Hall–Kier alpha value is -5.88. The van der Waals surface area contributed by atoms with Crippen LogP contribution in [0.5, 0.6) is 34.5 Å². The van der Waals surface area contributed by atoms with Crippen LogP contribution in [0, 0.1) is 52.4 Å². The summed E-state index contributed by atoms with van der Waals surface area (Å²) in [5.74, 6) is 0.689. The van der Waals surface area contributed by atoms with Crippen molar-refractivity contribution in [2.75, 3.05) is 0 Å². The Morgan fingerprint density at radius 2 is 0.645 bits per heavy atom. The molecule has 10 rings (SSSR count). The Balaban J connectivity index is 1.22. The highest BCUT2D eigenvalue weighted by Crippen LogP contribution is 2.74. The van der Waals surface area contributed by atoms with Gasteiger partial charge in [0, 0.05) is 23.0 Å². The Labute approximate surface area is 366 Å². The van der Waals surface area contributed by atoms with E-state index in [9.17, 15) is 30.6 Å². The van der Waals surface area contributed by atoms with Crippen molar-refractivity contribution in [2.24, 2.45) is 10.8 Å². The summed E-state index contributed by atoms with van der Waals surface area (Å²) in [6.07, 6.45) is 6.22. The number of hydrogen-bond donors (Lipinski definition) is 6. The van der Waals surface area contributed by atoms with Gasteiger partial charge in [0.2, 0.25) is 0 Å². The van der Waals surface area contributed by atoms with Crippen LogP contribution < -0.4 is 0 Å². The average molecular weight is 829 g/mol. The van der Waals surface area contributed by atoms with E-state index >= 15 is 0 Å². The second-order valence-electron chi connectivity index (χ2n) is 20.8. The van der Waals surface area contributed by atoms with Crippen LogP contribution in [-0.4, -0.2) is 30.6 Å². The standard InChI is InChI=1S/C56H60O6/c1-31-17-37(9-13-45(31)57)49(38-10-14-46(58)32(2)18-38)43-23-41(21-35(5)51(43)61)55-26-53(7)25-54(8,27-55)29-56(28-53,30-55)42-22-36(6)52(62)44(24-42)50(39-11-15-47(59)33(3)19-39)40-12-16-48(60)34(4)20-40/h9-24,49-50,57-62H,25-30H2,1-8H3. The van der Waals surface area contributed by atoms with E-state index in [1.165, 1.54) is 11.1 Å². The van der Waals surface area contributed by atoms with Crippen molar-refractivity contribution in [3.63, 3.8) is 0 Å². The SMILES string of the molecule is Cc1cc(C(c2ccc(O)c(C)c2)c2cc(C34CC5(C)CC(C)(C3)CC(c3cc(C)c(O)c(C(c6ccc(O)c(C)c6)c6ccc(O)c(C)c6)c3)(C5)C4)cc(C)c2O)ccc1O. The third-order valence-electron chi connectivity index (χ3n) is 15.3. The van der Waals surface area contributed by atoms with E-state index in [1.54, 1.807) is 24.3 Å². The molecular formula is C56H60O6. The van der Waals surface area contributed by atoms with Gasteiger partial charge in [-0.15, -0.1) is 0 Å². The molecule has 0 atom stereocenters. The summed E-state index contributed by atoms with van der Waals surface area (Å²) in [6.45, 7) is 16.6. The molecule has 4 fully saturated rings. The van der Waals surface area contributed by atoms with Crippen LogP contribution >= 0.6 is 0 Å². The van der Waals surface area contributed by atoms with E-state index in [4.69, 9.17) is 0 Å². The van der Waals surface area contributed by atoms with E-state index in [2.05, 4.69) is 38.1 Å². The van der Waals surface area contributed by atoms with Crippen LogP contribution in [0.15, 0.2) is 97.1 Å². The third-order valence-corrected chi connectivity index (χ3v) is 15.3. The van der Waals surface area contributed by atoms with Crippen molar-refractivity contribution in [2.45, 2.75) is 117 Å². The number of aromatic hydroxyl groups is 6. The van der Waals surface area contributed by atoms with Gasteiger partial charge in [-0.25, -0.2) is 0 Å². The number of phenolic OH excluding ortho intramolecular Hbond substituents is 6. The fourth-order valence-corrected chi connectivity index (χ4v) is 13.5. The molecule has 0 aliphatic heterocycles. The number of phenols is 6. The van der Waals surface area contributed by atoms with Crippen molar-refractivity contribution >= 4 is 0 Å². The molecule has 6 nitrogen and oxygen atoms in total. The fourth-order valence-electron chi connectivity index (χ4n) is 13.5. The molecule has 62 heavy (non-hydrogen) atoms. The second kappa shape index (κ2) is 14.3. The summed E-state index contributed by atoms with van der Waals surface area (Å²) in [7, 11) is 0. The number of rotatable bonds is 8. The van der Waals surface area contributed by atoms with Crippen molar-refractivity contribution < 1.29 is 30.6 Å². The highest BCUT2D eigenvalue weighted by Gasteiger charge is 2.66.